The predicted octanol–water partition coefficient (Wildman–Crippen LogP) is 9.64. The van der Waals surface area contributed by atoms with Gasteiger partial charge in [0.05, 0.1) is 29.0 Å². The van der Waals surface area contributed by atoms with Crippen LogP contribution < -0.4 is 4.74 Å². The molecule has 0 unspecified atom stereocenters. The zero-order valence-corrected chi connectivity index (χ0v) is 35.5. The van der Waals surface area contributed by atoms with Crippen molar-refractivity contribution in [2.24, 2.45) is 0 Å². The Morgan fingerprint density at radius 1 is 0.945 bits per heavy atom. The number of ether oxygens (including phenoxy) is 4. The molecule has 0 aliphatic carbocycles. The fourth-order valence-corrected chi connectivity index (χ4v) is 7.99. The smallest absolute Gasteiger partial charge is 0.411 e. The minimum atomic E-state index is -1.27. The summed E-state index contributed by atoms with van der Waals surface area (Å²) in [5.74, 6) is 2.31. The minimum Gasteiger partial charge on any atom is -0.489 e. The number of rotatable bonds is 11. The van der Waals surface area contributed by atoms with Gasteiger partial charge in [-0.3, -0.25) is 9.80 Å². The normalized spacial score (nSPS) is 19.3. The number of imidazole rings is 2. The molecule has 55 heavy (non-hydrogen) atoms. The minimum absolute atomic E-state index is 0.197. The number of aromatic nitrogens is 4. The van der Waals surface area contributed by atoms with Crippen LogP contribution in [0.5, 0.6) is 5.75 Å². The average molecular weight is 773 g/mol. The van der Waals surface area contributed by atoms with Crippen molar-refractivity contribution in [3.05, 3.63) is 65.9 Å². The summed E-state index contributed by atoms with van der Waals surface area (Å²) in [7, 11) is -1.27. The van der Waals surface area contributed by atoms with Crippen molar-refractivity contribution < 1.29 is 28.5 Å². The summed E-state index contributed by atoms with van der Waals surface area (Å²) in [6.07, 6.45) is 4.57. The Morgan fingerprint density at radius 2 is 1.65 bits per heavy atom. The van der Waals surface area contributed by atoms with Crippen LogP contribution in [0.1, 0.15) is 97.4 Å². The number of hydrogen-bond acceptors (Lipinski definition) is 8. The van der Waals surface area contributed by atoms with Gasteiger partial charge < -0.3 is 28.5 Å². The molecule has 1 N–H and O–H groups in total. The monoisotopic (exact) mass is 772 g/mol. The number of carbonyl (C=O) groups is 2. The van der Waals surface area contributed by atoms with E-state index < -0.39 is 24.8 Å². The van der Waals surface area contributed by atoms with Gasteiger partial charge in [-0.1, -0.05) is 25.7 Å². The molecule has 0 spiro atoms. The molecule has 2 saturated heterocycles. The van der Waals surface area contributed by atoms with E-state index in [4.69, 9.17) is 28.9 Å². The molecule has 12 nitrogen and oxygen atoms in total. The topological polar surface area (TPSA) is 124 Å². The van der Waals surface area contributed by atoms with Crippen LogP contribution in [0, 0.1) is 0 Å². The molecule has 0 saturated carbocycles. The van der Waals surface area contributed by atoms with E-state index in [0.717, 1.165) is 77.0 Å². The van der Waals surface area contributed by atoms with Gasteiger partial charge in [0.1, 0.15) is 47.5 Å². The second kappa shape index (κ2) is 15.6. The highest BCUT2D eigenvalue weighted by Crippen LogP contribution is 2.39. The van der Waals surface area contributed by atoms with Crippen LogP contribution in [0.3, 0.4) is 0 Å². The van der Waals surface area contributed by atoms with Crippen LogP contribution in [0.25, 0.3) is 22.3 Å². The van der Waals surface area contributed by atoms with Crippen LogP contribution in [0.15, 0.2) is 48.7 Å². The maximum atomic E-state index is 13.3. The first-order valence-corrected chi connectivity index (χ1v) is 23.4. The molecule has 0 radical (unpaired) electrons. The van der Waals surface area contributed by atoms with Gasteiger partial charge in [0.15, 0.2) is 0 Å². The van der Waals surface area contributed by atoms with Gasteiger partial charge in [-0.25, -0.2) is 19.6 Å². The number of benzene rings is 2. The molecule has 2 aromatic heterocycles. The maximum Gasteiger partial charge on any atom is 0.411 e. The molecular weight excluding hydrogens is 713 g/mol. The highest BCUT2D eigenvalue weighted by atomic mass is 28.3. The van der Waals surface area contributed by atoms with Crippen LogP contribution >= 0.6 is 0 Å². The van der Waals surface area contributed by atoms with E-state index in [9.17, 15) is 9.59 Å². The van der Waals surface area contributed by atoms with E-state index in [1.165, 1.54) is 0 Å². The molecule has 2 atom stereocenters. The van der Waals surface area contributed by atoms with E-state index in [-0.39, 0.29) is 18.2 Å². The van der Waals surface area contributed by atoms with Gasteiger partial charge >= 0.3 is 12.2 Å². The SMILES string of the molecule is CC(C)(C)OC(=O)N1CCC[C@H]1c1nc2ccc(COc3ccc(-c4cnc([C@@]5(C)CCCN5C(=O)OC(C)(C)C)[nH]4)cc3)cc2n1COCC[Si](C)(C)C. The molecule has 2 amide bonds. The fourth-order valence-electron chi connectivity index (χ4n) is 7.23. The summed E-state index contributed by atoms with van der Waals surface area (Å²) >= 11 is 0. The molecule has 0 bridgehead atoms. The number of aromatic amines is 1. The predicted molar refractivity (Wildman–Crippen MR) is 217 cm³/mol. The van der Waals surface area contributed by atoms with E-state index in [0.29, 0.717) is 33.0 Å². The van der Waals surface area contributed by atoms with Gasteiger partial charge in [0, 0.05) is 27.8 Å². The molecule has 2 fully saturated rings. The third-order valence-electron chi connectivity index (χ3n) is 10.1. The van der Waals surface area contributed by atoms with Crippen LogP contribution in [0.2, 0.25) is 25.7 Å². The first kappa shape index (κ1) is 40.3. The summed E-state index contributed by atoms with van der Waals surface area (Å²) in [6, 6.07) is 15.0. The van der Waals surface area contributed by atoms with Crippen molar-refractivity contribution in [2.45, 2.75) is 136 Å². The Balaban J connectivity index is 1.17. The number of nitrogens with zero attached hydrogens (tertiary/aromatic N) is 5. The van der Waals surface area contributed by atoms with E-state index in [2.05, 4.69) is 35.3 Å². The number of carbonyl (C=O) groups excluding carboxylic acids is 2. The molecule has 2 aliphatic rings. The molecule has 6 rings (SSSR count). The van der Waals surface area contributed by atoms with E-state index in [1.54, 1.807) is 4.90 Å². The summed E-state index contributed by atoms with van der Waals surface area (Å²) in [6.45, 7) is 23.1. The fraction of sp³-hybridized carbons (Fsp3) is 0.571. The Morgan fingerprint density at radius 3 is 2.35 bits per heavy atom. The molecule has 4 heterocycles. The number of amides is 2. The van der Waals surface area contributed by atoms with Crippen molar-refractivity contribution in [3.63, 3.8) is 0 Å². The first-order chi connectivity index (χ1) is 25.8. The van der Waals surface area contributed by atoms with Crippen LogP contribution in [-0.2, 0) is 33.1 Å². The number of likely N-dealkylation sites (tertiary alicyclic amines) is 2. The molecule has 298 valence electrons. The third kappa shape index (κ3) is 9.72. The third-order valence-corrected chi connectivity index (χ3v) is 11.9. The Hall–Kier alpha value is -4.36. The molecule has 4 aromatic rings. The van der Waals surface area contributed by atoms with Gasteiger partial charge in [-0.05, 0) is 128 Å². The van der Waals surface area contributed by atoms with Gasteiger partial charge in [0.2, 0.25) is 0 Å². The Kier molecular flexibility index (Phi) is 11.5. The standard InChI is InChI=1S/C42H60N6O6Si/c1-40(2,3)53-38(49)46-21-11-13-34(46)36-44-32-19-14-29(25-35(32)47(36)28-51-23-24-55(8,9)10)27-52-31-17-15-30(16-18-31)33-26-43-37(45-33)42(7)20-12-22-48(42)39(50)54-41(4,5)6/h14-19,25-26,34H,11-13,20-24,27-28H2,1-10H3,(H,43,45)/t34-,42+/m0/s1. The number of nitrogens with one attached hydrogen (secondary N) is 1. The molecule has 13 heteroatoms. The van der Waals surface area contributed by atoms with Gasteiger partial charge in [-0.2, -0.15) is 0 Å². The van der Waals surface area contributed by atoms with Crippen molar-refractivity contribution in [2.75, 3.05) is 19.7 Å². The van der Waals surface area contributed by atoms with Crippen molar-refractivity contribution >= 4 is 31.3 Å². The average Bonchev–Trinajstić information content (AvgIpc) is 3.90. The highest BCUT2D eigenvalue weighted by molar-refractivity contribution is 6.76. The second-order valence-corrected chi connectivity index (χ2v) is 24.0. The van der Waals surface area contributed by atoms with Gasteiger partial charge in [0.25, 0.3) is 0 Å². The summed E-state index contributed by atoms with van der Waals surface area (Å²) in [5.41, 5.74) is 2.92. The Labute approximate surface area is 326 Å². The van der Waals surface area contributed by atoms with Crippen molar-refractivity contribution in [1.82, 2.24) is 29.3 Å². The van der Waals surface area contributed by atoms with Crippen molar-refractivity contribution in [3.8, 4) is 17.0 Å². The van der Waals surface area contributed by atoms with Crippen molar-refractivity contribution in [1.29, 1.82) is 0 Å². The summed E-state index contributed by atoms with van der Waals surface area (Å²) in [4.78, 5) is 43.2. The van der Waals surface area contributed by atoms with Gasteiger partial charge in [-0.15, -0.1) is 0 Å². The zero-order chi connectivity index (χ0) is 39.8. The molecule has 2 aromatic carbocycles. The quantitative estimate of drug-likeness (QED) is 0.118. The largest absolute Gasteiger partial charge is 0.489 e. The second-order valence-electron chi connectivity index (χ2n) is 18.4. The maximum absolute atomic E-state index is 13.3. The van der Waals surface area contributed by atoms with E-state index >= 15 is 0 Å². The Bertz CT molecular complexity index is 1970. The highest BCUT2D eigenvalue weighted by Gasteiger charge is 2.45. The van der Waals surface area contributed by atoms with Crippen LogP contribution in [0.4, 0.5) is 9.59 Å². The number of hydrogen-bond donors (Lipinski definition) is 1. The summed E-state index contributed by atoms with van der Waals surface area (Å²) < 4.78 is 26.2. The summed E-state index contributed by atoms with van der Waals surface area (Å²) in [5, 5.41) is 0. The number of H-pyrrole nitrogens is 1. The molecular formula is C42H60N6O6Si. The lowest BCUT2D eigenvalue weighted by Gasteiger charge is -2.34. The van der Waals surface area contributed by atoms with E-state index in [1.807, 2.05) is 96.0 Å². The first-order valence-electron chi connectivity index (χ1n) is 19.7. The lowest BCUT2D eigenvalue weighted by molar-refractivity contribution is 0.00857. The lowest BCUT2D eigenvalue weighted by Crippen LogP contribution is -2.46. The molecule has 2 aliphatic heterocycles. The zero-order valence-electron chi connectivity index (χ0n) is 34.5. The lowest BCUT2D eigenvalue weighted by atomic mass is 9.98. The number of fused-ring (bicyclic) bond motifs is 1. The van der Waals surface area contributed by atoms with Crippen LogP contribution in [-0.4, -0.2) is 80.5 Å².